The Bertz CT molecular complexity index is 1030. The molecule has 0 atom stereocenters. The largest absolute Gasteiger partial charge is 0.454 e. The third-order valence-electron chi connectivity index (χ3n) is 3.69. The van der Waals surface area contributed by atoms with E-state index in [0.717, 1.165) is 0 Å². The van der Waals surface area contributed by atoms with E-state index in [1.165, 1.54) is 18.3 Å². The molecule has 10 heteroatoms. The lowest BCUT2D eigenvalue weighted by molar-refractivity contribution is -0.139. The molecular weight excluding hydrogens is 364 g/mol. The van der Waals surface area contributed by atoms with Gasteiger partial charge in [-0.3, -0.25) is 9.78 Å². The van der Waals surface area contributed by atoms with Gasteiger partial charge in [0.25, 0.3) is 5.78 Å². The third kappa shape index (κ3) is 2.95. The monoisotopic (exact) mass is 373 g/mol. The van der Waals surface area contributed by atoms with Gasteiger partial charge in [0.05, 0.1) is 5.52 Å². The third-order valence-corrected chi connectivity index (χ3v) is 3.69. The number of hydrogen-bond donors (Lipinski definition) is 0. The summed E-state index contributed by atoms with van der Waals surface area (Å²) in [5.74, 6) is -2.39. The van der Waals surface area contributed by atoms with E-state index in [0.29, 0.717) is 6.07 Å². The van der Waals surface area contributed by atoms with Crippen molar-refractivity contribution in [2.45, 2.75) is 25.7 Å². The molecule has 0 bridgehead atoms. The molecule has 3 rings (SSSR count). The summed E-state index contributed by atoms with van der Waals surface area (Å²) in [6.45, 7) is 1.54. The molecule has 2 heterocycles. The zero-order valence-corrected chi connectivity index (χ0v) is 13.0. The number of Topliss-reactive ketones (excluding diaryl/α,β-unsaturated/α-hetero) is 1. The van der Waals surface area contributed by atoms with Crippen molar-refractivity contribution in [3.05, 3.63) is 41.5 Å². The van der Waals surface area contributed by atoms with E-state index in [-0.39, 0.29) is 28.7 Å². The van der Waals surface area contributed by atoms with Crippen molar-refractivity contribution >= 4 is 27.6 Å². The topological polar surface area (TPSA) is 55.7 Å². The van der Waals surface area contributed by atoms with Crippen molar-refractivity contribution in [2.24, 2.45) is 0 Å². The fourth-order valence-corrected chi connectivity index (χ4v) is 2.58. The zero-order valence-electron chi connectivity index (χ0n) is 13.0. The SMILES string of the molecule is CCc1nc(C(F)(F)F)c2cc(C(=O)C(F)(F)F)c3cccnc3c2n1. The van der Waals surface area contributed by atoms with Gasteiger partial charge in [0, 0.05) is 29.0 Å². The molecule has 0 aliphatic rings. The number of alkyl halides is 6. The van der Waals surface area contributed by atoms with Gasteiger partial charge >= 0.3 is 12.4 Å². The number of benzene rings is 1. The van der Waals surface area contributed by atoms with Crippen molar-refractivity contribution in [3.63, 3.8) is 0 Å². The van der Waals surface area contributed by atoms with Gasteiger partial charge in [-0.15, -0.1) is 0 Å². The number of aromatic nitrogens is 3. The van der Waals surface area contributed by atoms with Crippen LogP contribution < -0.4 is 0 Å². The summed E-state index contributed by atoms with van der Waals surface area (Å²) in [5.41, 5.74) is -2.80. The number of pyridine rings is 1. The van der Waals surface area contributed by atoms with E-state index < -0.39 is 34.8 Å². The molecule has 0 fully saturated rings. The average molecular weight is 373 g/mol. The number of carbonyl (C=O) groups excluding carboxylic acids is 1. The highest BCUT2D eigenvalue weighted by atomic mass is 19.4. The van der Waals surface area contributed by atoms with Crippen molar-refractivity contribution in [3.8, 4) is 0 Å². The Labute approximate surface area is 141 Å². The van der Waals surface area contributed by atoms with Gasteiger partial charge < -0.3 is 0 Å². The molecule has 3 aromatic rings. The van der Waals surface area contributed by atoms with Crippen LogP contribution in [0.25, 0.3) is 21.8 Å². The molecule has 0 aliphatic carbocycles. The lowest BCUT2D eigenvalue weighted by atomic mass is 9.99. The van der Waals surface area contributed by atoms with E-state index in [1.54, 1.807) is 6.92 Å². The van der Waals surface area contributed by atoms with E-state index in [2.05, 4.69) is 15.0 Å². The predicted octanol–water partition coefficient (Wildman–Crippen LogP) is 4.50. The summed E-state index contributed by atoms with van der Waals surface area (Å²) < 4.78 is 78.8. The number of ketones is 1. The minimum absolute atomic E-state index is 0.0799. The number of hydrogen-bond acceptors (Lipinski definition) is 4. The maximum atomic E-state index is 13.4. The van der Waals surface area contributed by atoms with Gasteiger partial charge in [-0.1, -0.05) is 13.0 Å². The van der Waals surface area contributed by atoms with E-state index in [4.69, 9.17) is 0 Å². The summed E-state index contributed by atoms with van der Waals surface area (Å²) in [6.07, 6.45) is -8.91. The molecule has 0 unspecified atom stereocenters. The van der Waals surface area contributed by atoms with E-state index in [1.807, 2.05) is 0 Å². The van der Waals surface area contributed by atoms with Gasteiger partial charge in [0.1, 0.15) is 11.3 Å². The van der Waals surface area contributed by atoms with Crippen LogP contribution in [0.5, 0.6) is 0 Å². The first-order chi connectivity index (χ1) is 12.0. The van der Waals surface area contributed by atoms with Crippen LogP contribution >= 0.6 is 0 Å². The maximum absolute atomic E-state index is 13.4. The first-order valence-electron chi connectivity index (χ1n) is 7.31. The molecule has 0 aliphatic heterocycles. The van der Waals surface area contributed by atoms with Crippen LogP contribution in [-0.4, -0.2) is 26.9 Å². The molecule has 1 aromatic carbocycles. The Morgan fingerprint density at radius 1 is 1.04 bits per heavy atom. The Hall–Kier alpha value is -2.78. The quantitative estimate of drug-likeness (QED) is 0.377. The van der Waals surface area contributed by atoms with Gasteiger partial charge in [-0.25, -0.2) is 9.97 Å². The molecule has 2 aromatic heterocycles. The second-order valence-corrected chi connectivity index (χ2v) is 5.39. The van der Waals surface area contributed by atoms with Gasteiger partial charge in [0.15, 0.2) is 5.69 Å². The Morgan fingerprint density at radius 2 is 1.73 bits per heavy atom. The molecule has 0 saturated carbocycles. The molecule has 0 N–H and O–H groups in total. The van der Waals surface area contributed by atoms with Gasteiger partial charge in [-0.2, -0.15) is 26.3 Å². The fraction of sp³-hybridized carbons (Fsp3) is 0.250. The Balaban J connectivity index is 2.53. The fourth-order valence-electron chi connectivity index (χ4n) is 2.58. The summed E-state index contributed by atoms with van der Waals surface area (Å²) in [5, 5.41) is -0.926. The lowest BCUT2D eigenvalue weighted by Crippen LogP contribution is -2.23. The van der Waals surface area contributed by atoms with Crippen LogP contribution in [0.15, 0.2) is 24.4 Å². The van der Waals surface area contributed by atoms with E-state index in [9.17, 15) is 31.1 Å². The first-order valence-corrected chi connectivity index (χ1v) is 7.31. The summed E-state index contributed by atoms with van der Waals surface area (Å²) in [6, 6.07) is 3.01. The number of aryl methyl sites for hydroxylation is 1. The summed E-state index contributed by atoms with van der Waals surface area (Å²) in [7, 11) is 0. The minimum Gasteiger partial charge on any atom is -0.284 e. The number of fused-ring (bicyclic) bond motifs is 3. The van der Waals surface area contributed by atoms with Gasteiger partial charge in [0.2, 0.25) is 0 Å². The van der Waals surface area contributed by atoms with Crippen LogP contribution in [0.4, 0.5) is 26.3 Å². The molecule has 26 heavy (non-hydrogen) atoms. The molecule has 0 saturated heterocycles. The van der Waals surface area contributed by atoms with E-state index >= 15 is 0 Å². The summed E-state index contributed by atoms with van der Waals surface area (Å²) in [4.78, 5) is 23.0. The predicted molar refractivity (Wildman–Crippen MR) is 79.6 cm³/mol. The Morgan fingerprint density at radius 3 is 2.31 bits per heavy atom. The molecule has 0 radical (unpaired) electrons. The van der Waals surface area contributed by atoms with Crippen molar-refractivity contribution in [2.75, 3.05) is 0 Å². The van der Waals surface area contributed by atoms with Crippen LogP contribution in [0.2, 0.25) is 0 Å². The van der Waals surface area contributed by atoms with Crippen LogP contribution in [0.1, 0.15) is 28.8 Å². The second-order valence-electron chi connectivity index (χ2n) is 5.39. The highest BCUT2D eigenvalue weighted by molar-refractivity contribution is 6.17. The first kappa shape index (κ1) is 18.0. The summed E-state index contributed by atoms with van der Waals surface area (Å²) >= 11 is 0. The van der Waals surface area contributed by atoms with Crippen molar-refractivity contribution < 1.29 is 31.1 Å². The number of halogens is 6. The number of nitrogens with zero attached hydrogens (tertiary/aromatic N) is 3. The van der Waals surface area contributed by atoms with Crippen LogP contribution in [-0.2, 0) is 12.6 Å². The van der Waals surface area contributed by atoms with Crippen molar-refractivity contribution in [1.82, 2.24) is 15.0 Å². The molecule has 136 valence electrons. The average Bonchev–Trinajstić information content (AvgIpc) is 2.57. The highest BCUT2D eigenvalue weighted by Crippen LogP contribution is 2.37. The lowest BCUT2D eigenvalue weighted by Gasteiger charge is -2.14. The normalized spacial score (nSPS) is 12.7. The Kier molecular flexibility index (Phi) is 4.08. The highest BCUT2D eigenvalue weighted by Gasteiger charge is 2.42. The molecule has 4 nitrogen and oxygen atoms in total. The zero-order chi connectivity index (χ0) is 19.3. The number of carbonyl (C=O) groups is 1. The van der Waals surface area contributed by atoms with Crippen LogP contribution in [0, 0.1) is 0 Å². The van der Waals surface area contributed by atoms with Gasteiger partial charge in [-0.05, 0) is 12.1 Å². The van der Waals surface area contributed by atoms with Crippen molar-refractivity contribution in [1.29, 1.82) is 0 Å². The molecule has 0 amide bonds. The van der Waals surface area contributed by atoms with Crippen LogP contribution in [0.3, 0.4) is 0 Å². The molecule has 0 spiro atoms. The second kappa shape index (κ2) is 5.89. The maximum Gasteiger partial charge on any atom is 0.454 e. The standard InChI is InChI=1S/C16H9F6N3O/c1-2-10-24-12-9(13(25-10)15(17,18)19)6-8(14(26)16(20,21)22)7-4-3-5-23-11(7)12/h3-6H,2H2,1H3. The smallest absolute Gasteiger partial charge is 0.284 e. The molecular formula is C16H9F6N3O. The number of rotatable bonds is 2. The minimum atomic E-state index is -5.25.